The quantitative estimate of drug-likeness (QED) is 0.645. The molecule has 1 heterocycles. The number of aliphatic hydroxyl groups is 1. The third-order valence-corrected chi connectivity index (χ3v) is 1.71. The summed E-state index contributed by atoms with van der Waals surface area (Å²) in [4.78, 5) is 11.0. The van der Waals surface area contributed by atoms with Gasteiger partial charge in [0.15, 0.2) is 0 Å². The van der Waals surface area contributed by atoms with Crippen molar-refractivity contribution in [1.29, 1.82) is 0 Å². The largest absolute Gasteiger partial charge is 0.384 e. The lowest BCUT2D eigenvalue weighted by atomic mass is 10.4. The van der Waals surface area contributed by atoms with Crippen LogP contribution < -0.4 is 5.32 Å². The summed E-state index contributed by atoms with van der Waals surface area (Å²) in [7, 11) is 1.73. The molecule has 0 saturated heterocycles. The Hall–Kier alpha value is -1.43. The summed E-state index contributed by atoms with van der Waals surface area (Å²) in [6, 6.07) is 0. The number of amides is 1. The SMILES string of the molecule is Cc1nnc(NC(=O)C(C)O)n1C. The van der Waals surface area contributed by atoms with E-state index in [1.165, 1.54) is 6.92 Å². The van der Waals surface area contributed by atoms with E-state index in [4.69, 9.17) is 5.11 Å². The maximum Gasteiger partial charge on any atom is 0.255 e. The molecule has 2 N–H and O–H groups in total. The van der Waals surface area contributed by atoms with Crippen LogP contribution in [-0.2, 0) is 11.8 Å². The first-order valence-electron chi connectivity index (χ1n) is 3.87. The van der Waals surface area contributed by atoms with Gasteiger partial charge < -0.3 is 9.67 Å². The van der Waals surface area contributed by atoms with E-state index in [2.05, 4.69) is 15.5 Å². The van der Waals surface area contributed by atoms with Crippen LogP contribution in [0, 0.1) is 6.92 Å². The first-order valence-corrected chi connectivity index (χ1v) is 3.87. The van der Waals surface area contributed by atoms with Crippen LogP contribution in [0.2, 0.25) is 0 Å². The van der Waals surface area contributed by atoms with Crippen LogP contribution in [0.25, 0.3) is 0 Å². The third kappa shape index (κ3) is 2.03. The predicted octanol–water partition coefficient (Wildman–Crippen LogP) is -0.557. The zero-order valence-electron chi connectivity index (χ0n) is 7.77. The molecule has 0 aliphatic heterocycles. The Morgan fingerprint density at radius 1 is 1.62 bits per heavy atom. The second-order valence-electron chi connectivity index (χ2n) is 2.80. The minimum atomic E-state index is -1.04. The average molecular weight is 184 g/mol. The normalized spacial score (nSPS) is 12.6. The molecule has 0 bridgehead atoms. The van der Waals surface area contributed by atoms with Gasteiger partial charge in [-0.3, -0.25) is 10.1 Å². The molecule has 1 atom stereocenters. The van der Waals surface area contributed by atoms with Crippen molar-refractivity contribution in [2.45, 2.75) is 20.0 Å². The molecule has 72 valence electrons. The molecular weight excluding hydrogens is 172 g/mol. The van der Waals surface area contributed by atoms with Gasteiger partial charge in [-0.05, 0) is 13.8 Å². The number of anilines is 1. The van der Waals surface area contributed by atoms with E-state index in [0.717, 1.165) is 0 Å². The van der Waals surface area contributed by atoms with E-state index < -0.39 is 12.0 Å². The average Bonchev–Trinajstić information content (AvgIpc) is 2.36. The lowest BCUT2D eigenvalue weighted by molar-refractivity contribution is -0.123. The Bertz CT molecular complexity index is 318. The van der Waals surface area contributed by atoms with Crippen LogP contribution in [0.1, 0.15) is 12.7 Å². The number of carbonyl (C=O) groups excluding carboxylic acids is 1. The van der Waals surface area contributed by atoms with Crippen molar-refractivity contribution in [3.8, 4) is 0 Å². The number of carbonyl (C=O) groups is 1. The summed E-state index contributed by atoms with van der Waals surface area (Å²) in [6.07, 6.45) is -1.04. The standard InChI is InChI=1S/C7H12N4O2/c1-4(12)6(13)8-7-10-9-5(2)11(7)3/h4,12H,1-3H3,(H,8,10,13). The summed E-state index contributed by atoms with van der Waals surface area (Å²) >= 11 is 0. The van der Waals surface area contributed by atoms with Gasteiger partial charge in [0.05, 0.1) is 0 Å². The molecule has 0 radical (unpaired) electrons. The highest BCUT2D eigenvalue weighted by molar-refractivity contribution is 5.92. The third-order valence-electron chi connectivity index (χ3n) is 1.71. The van der Waals surface area contributed by atoms with Crippen LogP contribution in [0.15, 0.2) is 0 Å². The van der Waals surface area contributed by atoms with Crippen LogP contribution in [-0.4, -0.2) is 31.9 Å². The predicted molar refractivity (Wildman–Crippen MR) is 46.1 cm³/mol. The van der Waals surface area contributed by atoms with E-state index in [-0.39, 0.29) is 0 Å². The Morgan fingerprint density at radius 2 is 2.23 bits per heavy atom. The summed E-state index contributed by atoms with van der Waals surface area (Å²) < 4.78 is 1.63. The Labute approximate surface area is 75.6 Å². The molecule has 1 aromatic heterocycles. The van der Waals surface area contributed by atoms with Crippen molar-refractivity contribution in [3.05, 3.63) is 5.82 Å². The number of aromatic nitrogens is 3. The molecule has 6 heteroatoms. The first-order chi connectivity index (χ1) is 6.02. The van der Waals surface area contributed by atoms with Crippen molar-refractivity contribution in [2.75, 3.05) is 5.32 Å². The Kier molecular flexibility index (Phi) is 2.62. The Balaban J connectivity index is 2.75. The number of aliphatic hydroxyl groups excluding tert-OH is 1. The zero-order valence-corrected chi connectivity index (χ0v) is 7.77. The van der Waals surface area contributed by atoms with E-state index >= 15 is 0 Å². The van der Waals surface area contributed by atoms with Gasteiger partial charge in [-0.15, -0.1) is 10.2 Å². The minimum Gasteiger partial charge on any atom is -0.384 e. The van der Waals surface area contributed by atoms with Gasteiger partial charge in [-0.2, -0.15) is 0 Å². The lowest BCUT2D eigenvalue weighted by Crippen LogP contribution is -2.26. The van der Waals surface area contributed by atoms with Gasteiger partial charge in [-0.1, -0.05) is 0 Å². The fraction of sp³-hybridized carbons (Fsp3) is 0.571. The first kappa shape index (κ1) is 9.66. The number of nitrogens with zero attached hydrogens (tertiary/aromatic N) is 3. The molecule has 13 heavy (non-hydrogen) atoms. The fourth-order valence-corrected chi connectivity index (χ4v) is 0.731. The zero-order chi connectivity index (χ0) is 10.0. The maximum absolute atomic E-state index is 11.0. The van der Waals surface area contributed by atoms with Crippen LogP contribution in [0.3, 0.4) is 0 Å². The molecule has 0 aliphatic rings. The fourth-order valence-electron chi connectivity index (χ4n) is 0.731. The molecule has 6 nitrogen and oxygen atoms in total. The van der Waals surface area contributed by atoms with Crippen molar-refractivity contribution in [2.24, 2.45) is 7.05 Å². The van der Waals surface area contributed by atoms with E-state index in [0.29, 0.717) is 11.8 Å². The number of hydrogen-bond acceptors (Lipinski definition) is 4. The summed E-state index contributed by atoms with van der Waals surface area (Å²) in [6.45, 7) is 3.16. The van der Waals surface area contributed by atoms with E-state index in [9.17, 15) is 4.79 Å². The van der Waals surface area contributed by atoms with Gasteiger partial charge in [0, 0.05) is 7.05 Å². The molecule has 0 aliphatic carbocycles. The van der Waals surface area contributed by atoms with Crippen molar-refractivity contribution >= 4 is 11.9 Å². The Morgan fingerprint density at radius 3 is 2.62 bits per heavy atom. The number of rotatable bonds is 2. The maximum atomic E-state index is 11.0. The van der Waals surface area contributed by atoms with Gasteiger partial charge in [0.2, 0.25) is 5.95 Å². The van der Waals surface area contributed by atoms with E-state index in [1.54, 1.807) is 18.5 Å². The second kappa shape index (κ2) is 3.53. The summed E-state index contributed by atoms with van der Waals surface area (Å²) in [5.41, 5.74) is 0. The van der Waals surface area contributed by atoms with Gasteiger partial charge in [-0.25, -0.2) is 0 Å². The monoisotopic (exact) mass is 184 g/mol. The molecule has 0 fully saturated rings. The van der Waals surface area contributed by atoms with E-state index in [1.807, 2.05) is 0 Å². The van der Waals surface area contributed by atoms with Crippen LogP contribution >= 0.6 is 0 Å². The van der Waals surface area contributed by atoms with Crippen molar-refractivity contribution < 1.29 is 9.90 Å². The molecule has 1 amide bonds. The molecule has 1 aromatic rings. The number of nitrogens with one attached hydrogen (secondary N) is 1. The van der Waals surface area contributed by atoms with Gasteiger partial charge in [0.25, 0.3) is 5.91 Å². The minimum absolute atomic E-state index is 0.336. The highest BCUT2D eigenvalue weighted by Gasteiger charge is 2.12. The molecule has 0 spiro atoms. The molecule has 0 saturated carbocycles. The highest BCUT2D eigenvalue weighted by atomic mass is 16.3. The smallest absolute Gasteiger partial charge is 0.255 e. The molecule has 1 rings (SSSR count). The molecular formula is C7H12N4O2. The molecule has 1 unspecified atom stereocenters. The van der Waals surface area contributed by atoms with Gasteiger partial charge >= 0.3 is 0 Å². The highest BCUT2D eigenvalue weighted by Crippen LogP contribution is 2.03. The number of hydrogen-bond donors (Lipinski definition) is 2. The topological polar surface area (TPSA) is 80.0 Å². The van der Waals surface area contributed by atoms with Crippen LogP contribution in [0.5, 0.6) is 0 Å². The van der Waals surface area contributed by atoms with Crippen molar-refractivity contribution in [1.82, 2.24) is 14.8 Å². The number of aryl methyl sites for hydroxylation is 1. The lowest BCUT2D eigenvalue weighted by Gasteiger charge is -2.05. The van der Waals surface area contributed by atoms with Crippen molar-refractivity contribution in [3.63, 3.8) is 0 Å². The summed E-state index contributed by atoms with van der Waals surface area (Å²) in [5, 5.41) is 18.8. The van der Waals surface area contributed by atoms with Crippen LogP contribution in [0.4, 0.5) is 5.95 Å². The molecule has 0 aromatic carbocycles. The second-order valence-corrected chi connectivity index (χ2v) is 2.80. The van der Waals surface area contributed by atoms with Gasteiger partial charge in [0.1, 0.15) is 11.9 Å². The summed E-state index contributed by atoms with van der Waals surface area (Å²) in [5.74, 6) is 0.541.